The van der Waals surface area contributed by atoms with Gasteiger partial charge < -0.3 is 14.6 Å². The van der Waals surface area contributed by atoms with Crippen LogP contribution in [0.1, 0.15) is 39.2 Å². The van der Waals surface area contributed by atoms with E-state index < -0.39 is 5.97 Å². The van der Waals surface area contributed by atoms with Crippen LogP contribution in [-0.2, 0) is 4.79 Å². The van der Waals surface area contributed by atoms with Crippen molar-refractivity contribution in [3.63, 3.8) is 0 Å². The SMILES string of the molecule is CCN(c1nccn(C2CC2)c1=O)C(C)CC(=O)O. The van der Waals surface area contributed by atoms with Crippen LogP contribution >= 0.6 is 0 Å². The number of rotatable bonds is 6. The highest BCUT2D eigenvalue weighted by atomic mass is 16.4. The van der Waals surface area contributed by atoms with Crippen molar-refractivity contribution in [2.24, 2.45) is 0 Å². The molecule has 1 aromatic heterocycles. The summed E-state index contributed by atoms with van der Waals surface area (Å²) in [6.45, 7) is 4.26. The summed E-state index contributed by atoms with van der Waals surface area (Å²) >= 11 is 0. The first kappa shape index (κ1) is 13.6. The Labute approximate surface area is 111 Å². The Balaban J connectivity index is 2.30. The number of aliphatic carboxylic acids is 1. The van der Waals surface area contributed by atoms with Gasteiger partial charge in [0.05, 0.1) is 6.42 Å². The van der Waals surface area contributed by atoms with Crippen molar-refractivity contribution in [1.82, 2.24) is 9.55 Å². The van der Waals surface area contributed by atoms with E-state index in [0.29, 0.717) is 18.4 Å². The summed E-state index contributed by atoms with van der Waals surface area (Å²) in [6.07, 6.45) is 5.37. The van der Waals surface area contributed by atoms with Crippen LogP contribution in [0.5, 0.6) is 0 Å². The van der Waals surface area contributed by atoms with Gasteiger partial charge in [-0.05, 0) is 26.7 Å². The van der Waals surface area contributed by atoms with Crippen LogP contribution < -0.4 is 10.5 Å². The van der Waals surface area contributed by atoms with Crippen molar-refractivity contribution in [3.8, 4) is 0 Å². The van der Waals surface area contributed by atoms with Crippen LogP contribution in [0.2, 0.25) is 0 Å². The molecule has 1 aliphatic rings. The number of carboxylic acid groups (broad SMARTS) is 1. The average molecular weight is 265 g/mol. The zero-order chi connectivity index (χ0) is 14.0. The van der Waals surface area contributed by atoms with E-state index in [1.165, 1.54) is 0 Å². The van der Waals surface area contributed by atoms with Gasteiger partial charge in [0, 0.05) is 31.0 Å². The molecule has 1 fully saturated rings. The van der Waals surface area contributed by atoms with Crippen molar-refractivity contribution < 1.29 is 9.90 Å². The summed E-state index contributed by atoms with van der Waals surface area (Å²) in [5.74, 6) is -0.518. The highest BCUT2D eigenvalue weighted by Gasteiger charge is 2.27. The third kappa shape index (κ3) is 2.94. The van der Waals surface area contributed by atoms with Gasteiger partial charge in [-0.15, -0.1) is 0 Å². The Kier molecular flexibility index (Phi) is 3.87. The number of anilines is 1. The summed E-state index contributed by atoms with van der Waals surface area (Å²) in [5, 5.41) is 8.87. The van der Waals surface area contributed by atoms with E-state index in [1.54, 1.807) is 28.8 Å². The molecule has 1 aromatic rings. The molecule has 0 radical (unpaired) electrons. The molecule has 1 unspecified atom stereocenters. The Morgan fingerprint density at radius 2 is 2.32 bits per heavy atom. The van der Waals surface area contributed by atoms with Crippen LogP contribution in [0.4, 0.5) is 5.82 Å². The number of nitrogens with zero attached hydrogens (tertiary/aromatic N) is 3. The molecule has 104 valence electrons. The molecule has 0 aromatic carbocycles. The number of carboxylic acids is 1. The Bertz CT molecular complexity index is 522. The lowest BCUT2D eigenvalue weighted by Gasteiger charge is -2.27. The second-order valence-electron chi connectivity index (χ2n) is 4.93. The van der Waals surface area contributed by atoms with E-state index in [-0.39, 0.29) is 18.0 Å². The Hall–Kier alpha value is -1.85. The smallest absolute Gasteiger partial charge is 0.305 e. The molecule has 2 rings (SSSR count). The zero-order valence-electron chi connectivity index (χ0n) is 11.2. The topological polar surface area (TPSA) is 75.4 Å². The van der Waals surface area contributed by atoms with Crippen LogP contribution in [-0.4, -0.2) is 33.2 Å². The summed E-state index contributed by atoms with van der Waals surface area (Å²) in [4.78, 5) is 29.1. The van der Waals surface area contributed by atoms with E-state index in [0.717, 1.165) is 12.8 Å². The molecule has 0 amide bonds. The van der Waals surface area contributed by atoms with Crippen molar-refractivity contribution in [3.05, 3.63) is 22.7 Å². The lowest BCUT2D eigenvalue weighted by Crippen LogP contribution is -2.40. The molecular formula is C13H19N3O3. The fourth-order valence-electron chi connectivity index (χ4n) is 2.28. The van der Waals surface area contributed by atoms with Gasteiger partial charge in [0.15, 0.2) is 5.82 Å². The van der Waals surface area contributed by atoms with Crippen molar-refractivity contribution >= 4 is 11.8 Å². The van der Waals surface area contributed by atoms with Crippen molar-refractivity contribution in [2.45, 2.75) is 45.2 Å². The molecule has 1 atom stereocenters. The first-order valence-corrected chi connectivity index (χ1v) is 6.60. The van der Waals surface area contributed by atoms with Crippen LogP contribution in [0.25, 0.3) is 0 Å². The van der Waals surface area contributed by atoms with Crippen LogP contribution in [0.15, 0.2) is 17.2 Å². The standard InChI is InChI=1S/C13H19N3O3/c1-3-15(9(2)8-11(17)18)12-13(19)16(7-6-14-12)10-4-5-10/h6-7,9-10H,3-5,8H2,1-2H3,(H,17,18). The van der Waals surface area contributed by atoms with Crippen molar-refractivity contribution in [1.29, 1.82) is 0 Å². The number of aromatic nitrogens is 2. The second-order valence-corrected chi connectivity index (χ2v) is 4.93. The van der Waals surface area contributed by atoms with Gasteiger partial charge in [0.1, 0.15) is 0 Å². The average Bonchev–Trinajstić information content (AvgIpc) is 3.15. The molecule has 19 heavy (non-hydrogen) atoms. The van der Waals surface area contributed by atoms with Gasteiger partial charge in [0.25, 0.3) is 5.56 Å². The summed E-state index contributed by atoms with van der Waals surface area (Å²) < 4.78 is 1.71. The predicted molar refractivity (Wildman–Crippen MR) is 71.5 cm³/mol. The maximum atomic E-state index is 12.4. The quantitative estimate of drug-likeness (QED) is 0.838. The van der Waals surface area contributed by atoms with E-state index >= 15 is 0 Å². The van der Waals surface area contributed by atoms with Crippen LogP contribution in [0, 0.1) is 0 Å². The largest absolute Gasteiger partial charge is 0.481 e. The molecule has 6 nitrogen and oxygen atoms in total. The van der Waals surface area contributed by atoms with Gasteiger partial charge >= 0.3 is 5.97 Å². The fourth-order valence-corrected chi connectivity index (χ4v) is 2.28. The Morgan fingerprint density at radius 1 is 1.63 bits per heavy atom. The highest BCUT2D eigenvalue weighted by Crippen LogP contribution is 2.33. The minimum Gasteiger partial charge on any atom is -0.481 e. The third-order valence-electron chi connectivity index (χ3n) is 3.40. The lowest BCUT2D eigenvalue weighted by atomic mass is 10.2. The highest BCUT2D eigenvalue weighted by molar-refractivity contribution is 5.68. The molecule has 1 saturated carbocycles. The zero-order valence-corrected chi connectivity index (χ0v) is 11.2. The van der Waals surface area contributed by atoms with Gasteiger partial charge in [-0.1, -0.05) is 0 Å². The predicted octanol–water partition coefficient (Wildman–Crippen LogP) is 1.27. The van der Waals surface area contributed by atoms with E-state index in [1.807, 2.05) is 6.92 Å². The maximum absolute atomic E-state index is 12.4. The molecule has 1 aliphatic carbocycles. The van der Waals surface area contributed by atoms with Gasteiger partial charge in [-0.2, -0.15) is 0 Å². The Morgan fingerprint density at radius 3 is 2.84 bits per heavy atom. The number of hydrogen-bond donors (Lipinski definition) is 1. The molecule has 1 N–H and O–H groups in total. The lowest BCUT2D eigenvalue weighted by molar-refractivity contribution is -0.137. The minimum atomic E-state index is -0.871. The monoisotopic (exact) mass is 265 g/mol. The molecule has 0 spiro atoms. The van der Waals surface area contributed by atoms with Crippen LogP contribution in [0.3, 0.4) is 0 Å². The normalized spacial score (nSPS) is 16.1. The molecule has 0 aliphatic heterocycles. The molecule has 0 bridgehead atoms. The van der Waals surface area contributed by atoms with Crippen molar-refractivity contribution in [2.75, 3.05) is 11.4 Å². The third-order valence-corrected chi connectivity index (χ3v) is 3.40. The summed E-state index contributed by atoms with van der Waals surface area (Å²) in [6, 6.07) is 0.0421. The molecule has 6 heteroatoms. The van der Waals surface area contributed by atoms with Gasteiger partial charge in [-0.25, -0.2) is 4.98 Å². The summed E-state index contributed by atoms with van der Waals surface area (Å²) in [5.41, 5.74) is -0.121. The number of hydrogen-bond acceptors (Lipinski definition) is 4. The number of carbonyl (C=O) groups is 1. The van der Waals surface area contributed by atoms with Gasteiger partial charge in [-0.3, -0.25) is 9.59 Å². The van der Waals surface area contributed by atoms with E-state index in [9.17, 15) is 9.59 Å². The van der Waals surface area contributed by atoms with E-state index in [2.05, 4.69) is 4.98 Å². The first-order valence-electron chi connectivity index (χ1n) is 6.60. The maximum Gasteiger partial charge on any atom is 0.305 e. The van der Waals surface area contributed by atoms with Gasteiger partial charge in [0.2, 0.25) is 0 Å². The minimum absolute atomic E-state index is 0.00666. The molecule has 0 saturated heterocycles. The second kappa shape index (κ2) is 5.42. The fraction of sp³-hybridized carbons (Fsp3) is 0.615. The van der Waals surface area contributed by atoms with E-state index in [4.69, 9.17) is 5.11 Å². The molecule has 1 heterocycles. The molecular weight excluding hydrogens is 246 g/mol. The summed E-state index contributed by atoms with van der Waals surface area (Å²) in [7, 11) is 0. The first-order chi connectivity index (χ1) is 9.04.